The van der Waals surface area contributed by atoms with E-state index in [2.05, 4.69) is 9.47 Å². The van der Waals surface area contributed by atoms with E-state index in [0.717, 1.165) is 0 Å². The van der Waals surface area contributed by atoms with Crippen molar-refractivity contribution in [3.63, 3.8) is 0 Å². The molecule has 2 atom stereocenters. The minimum absolute atomic E-state index is 0.790. The lowest BCUT2D eigenvalue weighted by atomic mass is 10.8. The number of hydrogen-bond acceptors (Lipinski definition) is 2. The predicted octanol–water partition coefficient (Wildman–Crippen LogP) is 2.25. The SMILES string of the molecule is ClC1OC(Cl)(Cl)OC1Cl. The third-order valence-electron chi connectivity index (χ3n) is 0.706. The van der Waals surface area contributed by atoms with Crippen molar-refractivity contribution in [3.05, 3.63) is 0 Å². The van der Waals surface area contributed by atoms with Crippen LogP contribution in [0.2, 0.25) is 0 Å². The van der Waals surface area contributed by atoms with E-state index < -0.39 is 15.8 Å². The Kier molecular flexibility index (Phi) is 2.37. The van der Waals surface area contributed by atoms with Crippen molar-refractivity contribution in [1.82, 2.24) is 0 Å². The molecule has 0 saturated carbocycles. The molecule has 6 heteroatoms. The smallest absolute Gasteiger partial charge is 0.301 e. The second kappa shape index (κ2) is 2.61. The van der Waals surface area contributed by atoms with Crippen LogP contribution in [0.5, 0.6) is 0 Å². The van der Waals surface area contributed by atoms with Gasteiger partial charge in [0.2, 0.25) is 0 Å². The normalized spacial score (nSPS) is 41.3. The highest BCUT2D eigenvalue weighted by atomic mass is 35.5. The lowest BCUT2D eigenvalue weighted by molar-refractivity contribution is -0.0218. The molecule has 0 spiro atoms. The maximum atomic E-state index is 5.40. The van der Waals surface area contributed by atoms with Gasteiger partial charge in [-0.15, -0.1) is 0 Å². The van der Waals surface area contributed by atoms with Crippen LogP contribution >= 0.6 is 46.4 Å². The van der Waals surface area contributed by atoms with Crippen LogP contribution in [0.4, 0.5) is 0 Å². The van der Waals surface area contributed by atoms with E-state index in [1.54, 1.807) is 0 Å². The van der Waals surface area contributed by atoms with Crippen LogP contribution in [0.3, 0.4) is 0 Å². The van der Waals surface area contributed by atoms with E-state index >= 15 is 0 Å². The quantitative estimate of drug-likeness (QED) is 0.573. The van der Waals surface area contributed by atoms with Gasteiger partial charge in [0.1, 0.15) is 0 Å². The van der Waals surface area contributed by atoms with Gasteiger partial charge in [0.15, 0.2) is 11.1 Å². The number of ether oxygens (including phenoxy) is 2. The molecule has 0 aliphatic carbocycles. The molecule has 1 heterocycles. The maximum Gasteiger partial charge on any atom is 0.335 e. The van der Waals surface area contributed by atoms with Crippen molar-refractivity contribution >= 4 is 46.4 Å². The zero-order valence-electron chi connectivity index (χ0n) is 3.98. The molecule has 0 aromatic rings. The number of rotatable bonds is 0. The van der Waals surface area contributed by atoms with Crippen molar-refractivity contribution in [2.75, 3.05) is 0 Å². The van der Waals surface area contributed by atoms with Gasteiger partial charge < -0.3 is 9.47 Å². The van der Waals surface area contributed by atoms with Gasteiger partial charge in [-0.3, -0.25) is 0 Å². The molecule has 0 amide bonds. The molecule has 2 nitrogen and oxygen atoms in total. The summed E-state index contributed by atoms with van der Waals surface area (Å²) in [5, 5.41) is 0. The van der Waals surface area contributed by atoms with Gasteiger partial charge >= 0.3 is 4.71 Å². The van der Waals surface area contributed by atoms with E-state index in [9.17, 15) is 0 Å². The molecule has 54 valence electrons. The largest absolute Gasteiger partial charge is 0.335 e. The summed E-state index contributed by atoms with van der Waals surface area (Å²) in [5.74, 6) is 0. The van der Waals surface area contributed by atoms with E-state index in [1.807, 2.05) is 0 Å². The summed E-state index contributed by atoms with van der Waals surface area (Å²) in [6.07, 6.45) is 0. The molecule has 1 aliphatic rings. The van der Waals surface area contributed by atoms with Crippen LogP contribution in [0.25, 0.3) is 0 Å². The number of halogens is 4. The Morgan fingerprint density at radius 1 is 1.00 bits per heavy atom. The van der Waals surface area contributed by atoms with E-state index in [0.29, 0.717) is 0 Å². The van der Waals surface area contributed by atoms with Crippen molar-refractivity contribution in [2.24, 2.45) is 0 Å². The molecule has 1 aliphatic heterocycles. The molecule has 1 fully saturated rings. The summed E-state index contributed by atoms with van der Waals surface area (Å²) >= 11 is 21.4. The lowest BCUT2D eigenvalue weighted by Gasteiger charge is -2.07. The highest BCUT2D eigenvalue weighted by molar-refractivity contribution is 6.47. The van der Waals surface area contributed by atoms with Crippen LogP contribution in [-0.2, 0) is 9.47 Å². The van der Waals surface area contributed by atoms with E-state index in [4.69, 9.17) is 46.4 Å². The Morgan fingerprint density at radius 3 is 1.44 bits per heavy atom. The molecule has 2 unspecified atom stereocenters. The van der Waals surface area contributed by atoms with Crippen molar-refractivity contribution < 1.29 is 9.47 Å². The Balaban J connectivity index is 2.54. The highest BCUT2D eigenvalue weighted by Crippen LogP contribution is 2.38. The summed E-state index contributed by atoms with van der Waals surface area (Å²) in [6.45, 7) is 0. The minimum atomic E-state index is -1.68. The third kappa shape index (κ3) is 2.00. The summed E-state index contributed by atoms with van der Waals surface area (Å²) in [6, 6.07) is 0. The standard InChI is InChI=1S/C3H2Cl4O2/c4-1-2(5)9-3(6,7)8-1/h1-2H. The first-order valence-corrected chi connectivity index (χ1v) is 3.66. The van der Waals surface area contributed by atoms with Crippen LogP contribution < -0.4 is 0 Å². The Hall–Kier alpha value is 1.08. The zero-order chi connectivity index (χ0) is 7.07. The average molecular weight is 212 g/mol. The Morgan fingerprint density at radius 2 is 1.33 bits per heavy atom. The summed E-state index contributed by atoms with van der Waals surface area (Å²) < 4.78 is 7.52. The van der Waals surface area contributed by atoms with Gasteiger partial charge in [0.05, 0.1) is 0 Å². The first kappa shape index (κ1) is 8.18. The van der Waals surface area contributed by atoms with Crippen LogP contribution in [0, 0.1) is 0 Å². The lowest BCUT2D eigenvalue weighted by Crippen LogP contribution is -2.12. The predicted molar refractivity (Wildman–Crippen MR) is 35.9 cm³/mol. The molecular formula is C3H2Cl4O2. The molecule has 1 rings (SSSR count). The Bertz CT molecular complexity index is 104. The molecule has 9 heavy (non-hydrogen) atoms. The molecule has 1 saturated heterocycles. The van der Waals surface area contributed by atoms with Crippen molar-refractivity contribution in [2.45, 2.75) is 15.8 Å². The van der Waals surface area contributed by atoms with Gasteiger partial charge in [-0.25, -0.2) is 0 Å². The van der Waals surface area contributed by atoms with Gasteiger partial charge in [-0.1, -0.05) is 23.2 Å². The van der Waals surface area contributed by atoms with Crippen LogP contribution in [-0.4, -0.2) is 15.8 Å². The highest BCUT2D eigenvalue weighted by Gasteiger charge is 2.43. The average Bonchev–Trinajstić information content (AvgIpc) is 1.79. The van der Waals surface area contributed by atoms with Crippen LogP contribution in [0.15, 0.2) is 0 Å². The summed E-state index contributed by atoms with van der Waals surface area (Å²) in [4.78, 5) is 0. The van der Waals surface area contributed by atoms with E-state index in [-0.39, 0.29) is 0 Å². The van der Waals surface area contributed by atoms with Gasteiger partial charge in [0, 0.05) is 0 Å². The van der Waals surface area contributed by atoms with Crippen LogP contribution in [0.1, 0.15) is 0 Å². The van der Waals surface area contributed by atoms with Gasteiger partial charge in [-0.2, -0.15) is 0 Å². The molecule has 0 aromatic heterocycles. The van der Waals surface area contributed by atoms with Crippen molar-refractivity contribution in [3.8, 4) is 0 Å². The molecule has 0 N–H and O–H groups in total. The van der Waals surface area contributed by atoms with Gasteiger partial charge in [0.25, 0.3) is 0 Å². The van der Waals surface area contributed by atoms with Crippen molar-refractivity contribution in [1.29, 1.82) is 0 Å². The molecular weight excluding hydrogens is 210 g/mol. The zero-order valence-corrected chi connectivity index (χ0v) is 7.01. The molecule has 0 bridgehead atoms. The fourth-order valence-electron chi connectivity index (χ4n) is 0.397. The Labute approximate surface area is 71.9 Å². The summed E-state index contributed by atoms with van der Waals surface area (Å²) in [7, 11) is 0. The fraction of sp³-hybridized carbons (Fsp3) is 1.00. The first-order chi connectivity index (χ1) is 4.01. The fourth-order valence-corrected chi connectivity index (χ4v) is 1.32. The number of hydrogen-bond donors (Lipinski definition) is 0. The topological polar surface area (TPSA) is 18.5 Å². The maximum absolute atomic E-state index is 5.40. The number of alkyl halides is 4. The minimum Gasteiger partial charge on any atom is -0.301 e. The monoisotopic (exact) mass is 210 g/mol. The van der Waals surface area contributed by atoms with Gasteiger partial charge in [-0.05, 0) is 23.2 Å². The third-order valence-corrected chi connectivity index (χ3v) is 1.83. The summed E-state index contributed by atoms with van der Waals surface area (Å²) in [5.41, 5.74) is -1.58. The first-order valence-electron chi connectivity index (χ1n) is 2.03. The molecule has 0 aromatic carbocycles. The van der Waals surface area contributed by atoms with E-state index in [1.165, 1.54) is 0 Å². The second-order valence-electron chi connectivity index (χ2n) is 1.40. The second-order valence-corrected chi connectivity index (χ2v) is 3.45. The molecule has 0 radical (unpaired) electrons.